The summed E-state index contributed by atoms with van der Waals surface area (Å²) in [5, 5.41) is 0. The van der Waals surface area contributed by atoms with Gasteiger partial charge in [-0.1, -0.05) is 74.5 Å². The van der Waals surface area contributed by atoms with Crippen LogP contribution in [0.15, 0.2) is 60.7 Å². The maximum atomic E-state index is 14.1. The summed E-state index contributed by atoms with van der Waals surface area (Å²) in [7, 11) is -0.480. The minimum absolute atomic E-state index is 0.0393. The van der Waals surface area contributed by atoms with Crippen molar-refractivity contribution in [3.63, 3.8) is 0 Å². The highest BCUT2D eigenvalue weighted by Crippen LogP contribution is 2.66. The summed E-state index contributed by atoms with van der Waals surface area (Å²) < 4.78 is 24.6. The van der Waals surface area contributed by atoms with E-state index in [1.54, 1.807) is 4.90 Å². The Balaban J connectivity index is 1.02. The van der Waals surface area contributed by atoms with Gasteiger partial charge in [0.1, 0.15) is 19.8 Å². The summed E-state index contributed by atoms with van der Waals surface area (Å²) in [5.41, 5.74) is 1.64. The zero-order chi connectivity index (χ0) is 32.8. The van der Waals surface area contributed by atoms with Crippen molar-refractivity contribution in [1.82, 2.24) is 14.7 Å². The van der Waals surface area contributed by atoms with Gasteiger partial charge in [-0.05, 0) is 67.4 Å². The summed E-state index contributed by atoms with van der Waals surface area (Å²) in [6.07, 6.45) is 3.35. The van der Waals surface area contributed by atoms with Gasteiger partial charge in [0, 0.05) is 19.6 Å². The minimum Gasteiger partial charge on any atom is -0.445 e. The van der Waals surface area contributed by atoms with Crippen molar-refractivity contribution in [1.29, 1.82) is 0 Å². The molecule has 0 radical (unpaired) electrons. The molecule has 3 saturated heterocycles. The molecule has 3 saturated carbocycles. The van der Waals surface area contributed by atoms with Gasteiger partial charge < -0.3 is 28.6 Å². The Hall–Kier alpha value is -3.57. The maximum absolute atomic E-state index is 14.1. The Morgan fingerprint density at radius 1 is 0.915 bits per heavy atom. The van der Waals surface area contributed by atoms with E-state index >= 15 is 0 Å². The molecule has 6 atom stereocenters. The van der Waals surface area contributed by atoms with Crippen LogP contribution in [-0.4, -0.2) is 89.8 Å². The Morgan fingerprint density at radius 2 is 1.60 bits per heavy atom. The smallest absolute Gasteiger partial charge is 0.445 e. The standard InChI is InChI=1S/C36H46BN3O7/c1-35(2)27-19-29(35)36(3)30(20-27)46-37(47-36)31-15-10-17-39(31)32(41)22-40(34(43)45-24-26-13-8-5-9-14-26)28-16-18-38(21-28)33(42)44-23-25-11-6-4-7-12-25/h4-9,11-14,27-31H,10,15-24H2,1-3H3/t27-,28?,29-,30+,31?,36-/m0/s1. The first-order valence-corrected chi connectivity index (χ1v) is 17.2. The van der Waals surface area contributed by atoms with Crippen LogP contribution < -0.4 is 0 Å². The predicted octanol–water partition coefficient (Wildman–Crippen LogP) is 5.29. The van der Waals surface area contributed by atoms with Gasteiger partial charge in [-0.3, -0.25) is 9.69 Å². The van der Waals surface area contributed by atoms with Gasteiger partial charge in [0.2, 0.25) is 5.91 Å². The number of nitrogens with zero attached hydrogens (tertiary/aromatic N) is 3. The van der Waals surface area contributed by atoms with Gasteiger partial charge in [-0.15, -0.1) is 0 Å². The second-order valence-electron chi connectivity index (χ2n) is 14.7. The number of benzene rings is 2. The molecule has 2 bridgehead atoms. The SMILES string of the molecule is CC1(C)[C@@H]2C[C@H]3OB(C4CCCN4C(=O)CN(C(=O)OCc4ccccc4)C4CCN(C(=O)OCc5ccccc5)C4)O[C@@]3(C)[C@H]1C2. The molecule has 47 heavy (non-hydrogen) atoms. The van der Waals surface area contributed by atoms with E-state index in [4.69, 9.17) is 18.8 Å². The highest BCUT2D eigenvalue weighted by atomic mass is 16.7. The molecule has 0 aromatic heterocycles. The molecular weight excluding hydrogens is 597 g/mol. The lowest BCUT2D eigenvalue weighted by molar-refractivity contribution is -0.199. The minimum atomic E-state index is -0.573. The van der Waals surface area contributed by atoms with E-state index in [2.05, 4.69) is 20.8 Å². The molecule has 6 fully saturated rings. The molecule has 0 spiro atoms. The van der Waals surface area contributed by atoms with Crippen molar-refractivity contribution in [2.75, 3.05) is 26.2 Å². The van der Waals surface area contributed by atoms with E-state index < -0.39 is 19.3 Å². The first-order chi connectivity index (χ1) is 22.6. The van der Waals surface area contributed by atoms with E-state index in [1.165, 1.54) is 11.3 Å². The average molecular weight is 644 g/mol. The lowest BCUT2D eigenvalue weighted by Gasteiger charge is -2.64. The monoisotopic (exact) mass is 643 g/mol. The number of amides is 3. The highest BCUT2D eigenvalue weighted by molar-refractivity contribution is 6.48. The van der Waals surface area contributed by atoms with Crippen molar-refractivity contribution < 1.29 is 33.2 Å². The Kier molecular flexibility index (Phi) is 8.72. The molecule has 3 heterocycles. The molecule has 6 aliphatic rings. The number of carbonyl (C=O) groups excluding carboxylic acids is 3. The van der Waals surface area contributed by atoms with Crippen LogP contribution >= 0.6 is 0 Å². The number of hydrogen-bond donors (Lipinski definition) is 0. The van der Waals surface area contributed by atoms with Crippen molar-refractivity contribution in [3.05, 3.63) is 71.8 Å². The molecule has 2 unspecified atom stereocenters. The normalized spacial score (nSPS) is 30.4. The van der Waals surface area contributed by atoms with Gasteiger partial charge >= 0.3 is 19.3 Å². The zero-order valence-corrected chi connectivity index (χ0v) is 27.7. The fourth-order valence-corrected chi connectivity index (χ4v) is 8.80. The van der Waals surface area contributed by atoms with Crippen LogP contribution in [0, 0.1) is 17.3 Å². The molecule has 11 heteroatoms. The van der Waals surface area contributed by atoms with E-state index in [0.29, 0.717) is 31.3 Å². The summed E-state index contributed by atoms with van der Waals surface area (Å²) in [6, 6.07) is 18.6. The molecule has 2 aromatic rings. The molecule has 2 aromatic carbocycles. The summed E-state index contributed by atoms with van der Waals surface area (Å²) >= 11 is 0. The second kappa shape index (κ2) is 12.8. The number of hydrogen-bond acceptors (Lipinski definition) is 7. The van der Waals surface area contributed by atoms with E-state index in [-0.39, 0.29) is 61.3 Å². The first kappa shape index (κ1) is 32.0. The van der Waals surface area contributed by atoms with Gasteiger partial charge in [0.15, 0.2) is 0 Å². The lowest BCUT2D eigenvalue weighted by atomic mass is 9.43. The van der Waals surface area contributed by atoms with Gasteiger partial charge in [0.05, 0.1) is 23.7 Å². The van der Waals surface area contributed by atoms with Gasteiger partial charge in [0.25, 0.3) is 0 Å². The third-order valence-corrected chi connectivity index (χ3v) is 11.7. The van der Waals surface area contributed by atoms with Crippen molar-refractivity contribution in [2.45, 2.75) is 89.8 Å². The fourth-order valence-electron chi connectivity index (χ4n) is 8.80. The van der Waals surface area contributed by atoms with Crippen LogP contribution in [0.2, 0.25) is 0 Å². The van der Waals surface area contributed by atoms with Gasteiger partial charge in [-0.25, -0.2) is 9.59 Å². The third-order valence-electron chi connectivity index (χ3n) is 11.7. The predicted molar refractivity (Wildman–Crippen MR) is 175 cm³/mol. The summed E-state index contributed by atoms with van der Waals surface area (Å²) in [6.45, 7) is 8.26. The number of likely N-dealkylation sites (tertiary alicyclic amines) is 2. The van der Waals surface area contributed by atoms with Crippen LogP contribution in [0.3, 0.4) is 0 Å². The molecule has 250 valence electrons. The topological polar surface area (TPSA) is 97.9 Å². The number of ether oxygens (including phenoxy) is 2. The molecular formula is C36H46BN3O7. The van der Waals surface area contributed by atoms with Crippen LogP contribution in [0.5, 0.6) is 0 Å². The number of carbonyl (C=O) groups is 3. The maximum Gasteiger partial charge on any atom is 0.481 e. The molecule has 0 N–H and O–H groups in total. The fraction of sp³-hybridized carbons (Fsp3) is 0.583. The van der Waals surface area contributed by atoms with Crippen molar-refractivity contribution in [3.8, 4) is 0 Å². The van der Waals surface area contributed by atoms with Crippen LogP contribution in [-0.2, 0) is 36.8 Å². The Labute approximate surface area is 277 Å². The van der Waals surface area contributed by atoms with Crippen LogP contribution in [0.4, 0.5) is 9.59 Å². The second-order valence-corrected chi connectivity index (χ2v) is 14.7. The Bertz CT molecular complexity index is 1460. The lowest BCUT2D eigenvalue weighted by Crippen LogP contribution is -2.65. The molecule has 3 aliphatic heterocycles. The van der Waals surface area contributed by atoms with E-state index in [9.17, 15) is 14.4 Å². The summed E-state index contributed by atoms with van der Waals surface area (Å²) in [5.74, 6) is 0.715. The Morgan fingerprint density at radius 3 is 2.28 bits per heavy atom. The van der Waals surface area contributed by atoms with Gasteiger partial charge in [-0.2, -0.15) is 0 Å². The van der Waals surface area contributed by atoms with Crippen LogP contribution in [0.1, 0.15) is 64.0 Å². The average Bonchev–Trinajstić information content (AvgIpc) is 3.84. The molecule has 3 aliphatic carbocycles. The first-order valence-electron chi connectivity index (χ1n) is 17.2. The molecule has 3 amide bonds. The third kappa shape index (κ3) is 6.12. The zero-order valence-electron chi connectivity index (χ0n) is 27.7. The van der Waals surface area contributed by atoms with E-state index in [0.717, 1.165) is 30.4 Å². The quantitative estimate of drug-likeness (QED) is 0.361. The summed E-state index contributed by atoms with van der Waals surface area (Å²) in [4.78, 5) is 45.6. The molecule has 10 nitrogen and oxygen atoms in total. The highest BCUT2D eigenvalue weighted by Gasteiger charge is 2.69. The number of rotatable bonds is 8. The van der Waals surface area contributed by atoms with E-state index in [1.807, 2.05) is 65.6 Å². The largest absolute Gasteiger partial charge is 0.481 e. The van der Waals surface area contributed by atoms with Crippen LogP contribution in [0.25, 0.3) is 0 Å². The van der Waals surface area contributed by atoms with Crippen molar-refractivity contribution >= 4 is 25.2 Å². The van der Waals surface area contributed by atoms with Crippen molar-refractivity contribution in [2.24, 2.45) is 17.3 Å². The molecule has 8 rings (SSSR count).